The zero-order valence-corrected chi connectivity index (χ0v) is 17.3. The first-order valence-electron chi connectivity index (χ1n) is 10.1. The van der Waals surface area contributed by atoms with Gasteiger partial charge in [0.25, 0.3) is 0 Å². The Kier molecular flexibility index (Phi) is 7.64. The molecule has 8 nitrogen and oxygen atoms in total. The van der Waals surface area contributed by atoms with E-state index >= 15 is 0 Å². The molecule has 162 valence electrons. The molecule has 0 aliphatic carbocycles. The van der Waals surface area contributed by atoms with Crippen LogP contribution in [0.5, 0.6) is 0 Å². The molecule has 8 heteroatoms. The maximum atomic E-state index is 12.8. The van der Waals surface area contributed by atoms with E-state index in [0.717, 1.165) is 22.0 Å². The Bertz CT molecular complexity index is 1030. The first kappa shape index (κ1) is 21.9. The van der Waals surface area contributed by atoms with E-state index in [4.69, 9.17) is 4.74 Å². The van der Waals surface area contributed by atoms with E-state index in [0.29, 0.717) is 6.54 Å². The Morgan fingerprint density at radius 2 is 1.74 bits per heavy atom. The van der Waals surface area contributed by atoms with Gasteiger partial charge in [-0.05, 0) is 24.1 Å². The summed E-state index contributed by atoms with van der Waals surface area (Å²) in [7, 11) is 0. The first-order chi connectivity index (χ1) is 15.1. The molecule has 3 amide bonds. The second-order valence-electron chi connectivity index (χ2n) is 6.99. The van der Waals surface area contributed by atoms with Gasteiger partial charge < -0.3 is 25.7 Å². The summed E-state index contributed by atoms with van der Waals surface area (Å²) in [6.07, 6.45) is 1.35. The Hall–Kier alpha value is -3.81. The highest BCUT2D eigenvalue weighted by atomic mass is 16.5. The highest BCUT2D eigenvalue weighted by Gasteiger charge is 2.23. The number of alkyl carbamates (subject to hydrolysis) is 1. The summed E-state index contributed by atoms with van der Waals surface area (Å²) in [5.74, 6) is -0.762. The zero-order chi connectivity index (χ0) is 22.1. The highest BCUT2D eigenvalue weighted by Crippen LogP contribution is 2.19. The maximum absolute atomic E-state index is 12.8. The second-order valence-corrected chi connectivity index (χ2v) is 6.99. The second kappa shape index (κ2) is 10.8. The summed E-state index contributed by atoms with van der Waals surface area (Å²) in [4.78, 5) is 40.0. The van der Waals surface area contributed by atoms with Crippen LogP contribution in [0.15, 0.2) is 60.8 Å². The van der Waals surface area contributed by atoms with Crippen LogP contribution in [0.25, 0.3) is 10.9 Å². The molecule has 1 atom stereocenters. The first-order valence-corrected chi connectivity index (χ1v) is 10.1. The lowest BCUT2D eigenvalue weighted by molar-refractivity contribution is -0.127. The predicted molar refractivity (Wildman–Crippen MR) is 117 cm³/mol. The van der Waals surface area contributed by atoms with Crippen LogP contribution in [-0.2, 0) is 27.4 Å². The largest absolute Gasteiger partial charge is 0.445 e. The third-order valence-corrected chi connectivity index (χ3v) is 4.72. The summed E-state index contributed by atoms with van der Waals surface area (Å²) >= 11 is 0. The van der Waals surface area contributed by atoms with Crippen molar-refractivity contribution in [2.75, 3.05) is 13.1 Å². The average Bonchev–Trinajstić information content (AvgIpc) is 3.19. The lowest BCUT2D eigenvalue weighted by Crippen LogP contribution is -2.50. The smallest absolute Gasteiger partial charge is 0.408 e. The molecule has 1 heterocycles. The third-order valence-electron chi connectivity index (χ3n) is 4.72. The predicted octanol–water partition coefficient (Wildman–Crippen LogP) is 2.26. The monoisotopic (exact) mass is 422 g/mol. The van der Waals surface area contributed by atoms with E-state index in [9.17, 15) is 14.4 Å². The number of aromatic nitrogens is 1. The molecule has 0 saturated carbocycles. The Morgan fingerprint density at radius 3 is 2.52 bits per heavy atom. The van der Waals surface area contributed by atoms with Crippen LogP contribution in [0.1, 0.15) is 18.1 Å². The van der Waals surface area contributed by atoms with E-state index in [2.05, 4.69) is 20.9 Å². The molecule has 0 bridgehead atoms. The maximum Gasteiger partial charge on any atom is 0.408 e. The number of hydrogen-bond acceptors (Lipinski definition) is 4. The normalized spacial score (nSPS) is 11.5. The van der Waals surface area contributed by atoms with Gasteiger partial charge in [-0.2, -0.15) is 0 Å². The molecule has 3 aromatic rings. The van der Waals surface area contributed by atoms with Gasteiger partial charge in [0.15, 0.2) is 0 Å². The molecule has 0 saturated heterocycles. The number of nitrogens with one attached hydrogen (secondary N) is 4. The molecular weight excluding hydrogens is 396 g/mol. The number of benzene rings is 2. The number of hydrogen-bond donors (Lipinski definition) is 4. The van der Waals surface area contributed by atoms with Crippen LogP contribution in [-0.4, -0.2) is 42.0 Å². The molecule has 0 aliphatic heterocycles. The van der Waals surface area contributed by atoms with Crippen molar-refractivity contribution < 1.29 is 19.1 Å². The Balaban J connectivity index is 1.67. The molecule has 31 heavy (non-hydrogen) atoms. The van der Waals surface area contributed by atoms with Crippen LogP contribution < -0.4 is 16.0 Å². The van der Waals surface area contributed by atoms with Crippen molar-refractivity contribution in [3.05, 3.63) is 71.9 Å². The number of carbonyl (C=O) groups excluding carboxylic acids is 3. The molecule has 3 rings (SSSR count). The summed E-state index contributed by atoms with van der Waals surface area (Å²) in [6, 6.07) is 16.1. The summed E-state index contributed by atoms with van der Waals surface area (Å²) < 4.78 is 5.26. The van der Waals surface area contributed by atoms with E-state index in [1.165, 1.54) is 0 Å². The van der Waals surface area contributed by atoms with E-state index in [1.807, 2.05) is 60.8 Å². The van der Waals surface area contributed by atoms with E-state index in [1.54, 1.807) is 6.92 Å². The van der Waals surface area contributed by atoms with Crippen molar-refractivity contribution in [1.82, 2.24) is 20.9 Å². The summed E-state index contributed by atoms with van der Waals surface area (Å²) in [5.41, 5.74) is 2.65. The Morgan fingerprint density at radius 1 is 1.00 bits per heavy atom. The van der Waals surface area contributed by atoms with E-state index < -0.39 is 18.0 Å². The molecule has 0 aliphatic rings. The van der Waals surface area contributed by atoms with Crippen LogP contribution in [0.2, 0.25) is 0 Å². The summed E-state index contributed by atoms with van der Waals surface area (Å²) in [6.45, 7) is 2.19. The van der Waals surface area contributed by atoms with Crippen molar-refractivity contribution in [3.8, 4) is 0 Å². The number of rotatable bonds is 9. The molecule has 0 radical (unpaired) electrons. The lowest BCUT2D eigenvalue weighted by atomic mass is 10.0. The van der Waals surface area contributed by atoms with Crippen molar-refractivity contribution in [3.63, 3.8) is 0 Å². The fourth-order valence-electron chi connectivity index (χ4n) is 3.19. The zero-order valence-electron chi connectivity index (χ0n) is 17.3. The van der Waals surface area contributed by atoms with Gasteiger partial charge in [-0.15, -0.1) is 0 Å². The molecular formula is C23H26N4O4. The summed E-state index contributed by atoms with van der Waals surface area (Å²) in [5, 5.41) is 8.78. The van der Waals surface area contributed by atoms with Gasteiger partial charge in [0.2, 0.25) is 11.8 Å². The number of aromatic amines is 1. The van der Waals surface area contributed by atoms with Gasteiger partial charge in [-0.3, -0.25) is 9.59 Å². The van der Waals surface area contributed by atoms with Crippen molar-refractivity contribution in [2.24, 2.45) is 0 Å². The average molecular weight is 422 g/mol. The third kappa shape index (κ3) is 6.33. The minimum absolute atomic E-state index is 0.0903. The molecule has 1 aromatic heterocycles. The van der Waals surface area contributed by atoms with Gasteiger partial charge in [0.05, 0.1) is 6.54 Å². The topological polar surface area (TPSA) is 112 Å². The fourth-order valence-corrected chi connectivity index (χ4v) is 3.19. The van der Waals surface area contributed by atoms with Crippen molar-refractivity contribution in [1.29, 1.82) is 0 Å². The van der Waals surface area contributed by atoms with E-state index in [-0.39, 0.29) is 25.5 Å². The number of carbonyl (C=O) groups is 3. The van der Waals surface area contributed by atoms with Crippen LogP contribution in [0.3, 0.4) is 0 Å². The van der Waals surface area contributed by atoms with Gasteiger partial charge in [-0.1, -0.05) is 48.5 Å². The SMILES string of the molecule is CCNC(=O)CNC(=O)[C@H](Cc1c[nH]c2ccccc12)NC(=O)OCc1ccccc1. The van der Waals surface area contributed by atoms with Gasteiger partial charge in [0.1, 0.15) is 12.6 Å². The van der Waals surface area contributed by atoms with Crippen molar-refractivity contribution in [2.45, 2.75) is 26.0 Å². The molecule has 4 N–H and O–H groups in total. The lowest BCUT2D eigenvalue weighted by Gasteiger charge is -2.18. The molecule has 2 aromatic carbocycles. The van der Waals surface area contributed by atoms with Gasteiger partial charge >= 0.3 is 6.09 Å². The van der Waals surface area contributed by atoms with Gasteiger partial charge in [0, 0.05) is 30.1 Å². The Labute approximate surface area is 180 Å². The molecule has 0 fully saturated rings. The molecule has 0 spiro atoms. The minimum atomic E-state index is -0.906. The highest BCUT2D eigenvalue weighted by molar-refractivity contribution is 5.90. The number of likely N-dealkylation sites (N-methyl/N-ethyl adjacent to an activating group) is 1. The van der Waals surface area contributed by atoms with Crippen LogP contribution in [0, 0.1) is 0 Å². The number of ether oxygens (including phenoxy) is 1. The van der Waals surface area contributed by atoms with Crippen molar-refractivity contribution >= 4 is 28.8 Å². The van der Waals surface area contributed by atoms with Gasteiger partial charge in [-0.25, -0.2) is 4.79 Å². The number of para-hydroxylation sites is 1. The molecule has 0 unspecified atom stereocenters. The number of fused-ring (bicyclic) bond motifs is 1. The fraction of sp³-hybridized carbons (Fsp3) is 0.261. The number of H-pyrrole nitrogens is 1. The standard InChI is InChI=1S/C23H26N4O4/c1-2-24-21(28)14-26-22(29)20(12-17-13-25-19-11-7-6-10-18(17)19)27-23(30)31-15-16-8-4-3-5-9-16/h3-11,13,20,25H,2,12,14-15H2,1H3,(H,24,28)(H,26,29)(H,27,30)/t20-/m0/s1. The van der Waals surface area contributed by atoms with Crippen LogP contribution in [0.4, 0.5) is 4.79 Å². The number of amides is 3. The van der Waals surface area contributed by atoms with Crippen LogP contribution >= 0.6 is 0 Å². The quantitative estimate of drug-likeness (QED) is 0.424. The minimum Gasteiger partial charge on any atom is -0.445 e.